The van der Waals surface area contributed by atoms with E-state index in [1.165, 1.54) is 18.9 Å². The van der Waals surface area contributed by atoms with Crippen LogP contribution in [0.25, 0.3) is 0 Å². The van der Waals surface area contributed by atoms with Gasteiger partial charge in [0.25, 0.3) is 0 Å². The maximum absolute atomic E-state index is 12.3. The second-order valence-corrected chi connectivity index (χ2v) is 5.72. The number of carbonyl (C=O) groups is 2. The topological polar surface area (TPSA) is 58.6 Å². The number of nitrogens with one attached hydrogen (secondary N) is 1. The molecule has 0 unspecified atom stereocenters. The summed E-state index contributed by atoms with van der Waals surface area (Å²) in [5, 5.41) is 3.99. The number of rotatable bonds is 5. The number of benzene rings is 1. The number of nitrogens with zero attached hydrogens (tertiary/aromatic N) is 1. The maximum Gasteiger partial charge on any atom is 0.324 e. The van der Waals surface area contributed by atoms with Crippen molar-refractivity contribution in [2.24, 2.45) is 0 Å². The van der Waals surface area contributed by atoms with Gasteiger partial charge in [-0.2, -0.15) is 0 Å². The number of hydrogen-bond acceptors (Lipinski definition) is 6. The van der Waals surface area contributed by atoms with Gasteiger partial charge in [-0.15, -0.1) is 11.8 Å². The van der Waals surface area contributed by atoms with Crippen LogP contribution in [0.3, 0.4) is 0 Å². The van der Waals surface area contributed by atoms with E-state index in [-0.39, 0.29) is 17.8 Å². The first kappa shape index (κ1) is 16.6. The van der Waals surface area contributed by atoms with Gasteiger partial charge in [-0.25, -0.2) is 0 Å². The molecule has 0 spiro atoms. The van der Waals surface area contributed by atoms with E-state index in [1.54, 1.807) is 18.2 Å². The Bertz CT molecular complexity index is 560. The van der Waals surface area contributed by atoms with Crippen molar-refractivity contribution in [3.63, 3.8) is 0 Å². The number of allylic oxidation sites excluding steroid dienone is 1. The number of carbonyl (C=O) groups excluding carboxylic acids is 2. The van der Waals surface area contributed by atoms with Gasteiger partial charge in [-0.3, -0.25) is 9.59 Å². The minimum atomic E-state index is -0.360. The molecule has 1 N–H and O–H groups in total. The number of piperazine rings is 1. The largest absolute Gasteiger partial charge is 0.468 e. The highest BCUT2D eigenvalue weighted by Gasteiger charge is 2.27. The number of thioether (sulfide) groups is 1. The Labute approximate surface area is 134 Å². The molecule has 1 atom stereocenters. The van der Waals surface area contributed by atoms with Crippen LogP contribution < -0.4 is 5.32 Å². The third-order valence-corrected chi connectivity index (χ3v) is 4.29. The maximum atomic E-state index is 12.3. The van der Waals surface area contributed by atoms with Gasteiger partial charge in [0.15, 0.2) is 5.78 Å². The van der Waals surface area contributed by atoms with Crippen molar-refractivity contribution < 1.29 is 14.3 Å². The van der Waals surface area contributed by atoms with E-state index in [0.29, 0.717) is 18.7 Å². The Morgan fingerprint density at radius 2 is 2.09 bits per heavy atom. The standard InChI is InChI=1S/C16H20N2O3S/c1-21-16(20)13-11-18(9-8-17-13)15(22-2)10-14(19)12-6-4-3-5-7-12/h3-7,10,13,17H,8-9,11H2,1-2H3/b15-10-/t13-/m0/s1. The lowest BCUT2D eigenvalue weighted by molar-refractivity contribution is -0.144. The average Bonchev–Trinajstić information content (AvgIpc) is 2.59. The predicted molar refractivity (Wildman–Crippen MR) is 87.8 cm³/mol. The first-order chi connectivity index (χ1) is 10.7. The third-order valence-electron chi connectivity index (χ3n) is 3.49. The van der Waals surface area contributed by atoms with Crippen molar-refractivity contribution >= 4 is 23.5 Å². The lowest BCUT2D eigenvalue weighted by Gasteiger charge is -2.34. The summed E-state index contributed by atoms with van der Waals surface area (Å²) in [5.74, 6) is -0.308. The second kappa shape index (κ2) is 8.00. The van der Waals surface area contributed by atoms with Crippen LogP contribution in [0, 0.1) is 0 Å². The van der Waals surface area contributed by atoms with Crippen LogP contribution in [0.1, 0.15) is 10.4 Å². The van der Waals surface area contributed by atoms with Crippen molar-refractivity contribution in [3.05, 3.63) is 47.0 Å². The zero-order valence-electron chi connectivity index (χ0n) is 12.7. The summed E-state index contributed by atoms with van der Waals surface area (Å²) in [6.07, 6.45) is 3.57. The van der Waals surface area contributed by atoms with E-state index in [4.69, 9.17) is 4.74 Å². The molecule has 1 aromatic carbocycles. The zero-order chi connectivity index (χ0) is 15.9. The van der Waals surface area contributed by atoms with E-state index in [1.807, 2.05) is 29.4 Å². The van der Waals surface area contributed by atoms with E-state index < -0.39 is 0 Å². The molecule has 0 amide bonds. The Balaban J connectivity index is 2.12. The first-order valence-corrected chi connectivity index (χ1v) is 8.29. The SMILES string of the molecule is COC(=O)[C@@H]1CN(/C(=C/C(=O)c2ccccc2)SC)CCN1. The molecule has 0 bridgehead atoms. The van der Waals surface area contributed by atoms with E-state index in [0.717, 1.165) is 11.6 Å². The van der Waals surface area contributed by atoms with Crippen molar-refractivity contribution in [2.75, 3.05) is 33.0 Å². The molecule has 1 fully saturated rings. The van der Waals surface area contributed by atoms with Crippen LogP contribution in [-0.2, 0) is 9.53 Å². The third kappa shape index (κ3) is 4.11. The number of hydrogen-bond donors (Lipinski definition) is 1. The van der Waals surface area contributed by atoms with Gasteiger partial charge in [0.2, 0.25) is 0 Å². The van der Waals surface area contributed by atoms with Gasteiger partial charge in [0.05, 0.1) is 12.1 Å². The molecule has 0 radical (unpaired) electrons. The van der Waals surface area contributed by atoms with Gasteiger partial charge in [0, 0.05) is 31.3 Å². The smallest absolute Gasteiger partial charge is 0.324 e. The van der Waals surface area contributed by atoms with Crippen molar-refractivity contribution in [1.29, 1.82) is 0 Å². The number of methoxy groups -OCH3 is 1. The predicted octanol–water partition coefficient (Wildman–Crippen LogP) is 1.52. The first-order valence-electron chi connectivity index (χ1n) is 7.07. The molecule has 1 saturated heterocycles. The molecule has 1 heterocycles. The molecule has 1 aliphatic rings. The van der Waals surface area contributed by atoms with E-state index in [9.17, 15) is 9.59 Å². The Morgan fingerprint density at radius 3 is 2.73 bits per heavy atom. The Kier molecular flexibility index (Phi) is 6.03. The molecule has 22 heavy (non-hydrogen) atoms. The summed E-state index contributed by atoms with van der Waals surface area (Å²) in [6, 6.07) is 8.81. The van der Waals surface area contributed by atoms with Gasteiger partial charge in [-0.05, 0) is 6.26 Å². The minimum absolute atomic E-state index is 0.0295. The minimum Gasteiger partial charge on any atom is -0.468 e. The monoisotopic (exact) mass is 320 g/mol. The molecule has 0 saturated carbocycles. The summed E-state index contributed by atoms with van der Waals surface area (Å²) in [5.41, 5.74) is 0.661. The van der Waals surface area contributed by atoms with Gasteiger partial charge in [0.1, 0.15) is 6.04 Å². The number of esters is 1. The lowest BCUT2D eigenvalue weighted by Crippen LogP contribution is -2.53. The normalized spacial score (nSPS) is 18.9. The fourth-order valence-electron chi connectivity index (χ4n) is 2.33. The fourth-order valence-corrected chi connectivity index (χ4v) is 2.98. The molecule has 6 heteroatoms. The molecule has 0 aliphatic carbocycles. The van der Waals surface area contributed by atoms with Crippen LogP contribution in [0.5, 0.6) is 0 Å². The van der Waals surface area contributed by atoms with Crippen LogP contribution in [0.2, 0.25) is 0 Å². The second-order valence-electron chi connectivity index (χ2n) is 4.89. The van der Waals surface area contributed by atoms with Gasteiger partial charge < -0.3 is 15.0 Å². The highest BCUT2D eigenvalue weighted by atomic mass is 32.2. The summed E-state index contributed by atoms with van der Waals surface area (Å²) < 4.78 is 4.78. The van der Waals surface area contributed by atoms with Crippen LogP contribution in [0.4, 0.5) is 0 Å². The molecule has 0 aromatic heterocycles. The number of ketones is 1. The molecule has 1 aliphatic heterocycles. The van der Waals surface area contributed by atoms with Crippen molar-refractivity contribution in [2.45, 2.75) is 6.04 Å². The molecule has 5 nitrogen and oxygen atoms in total. The summed E-state index contributed by atoms with van der Waals surface area (Å²) in [7, 11) is 1.38. The Hall–Kier alpha value is -1.79. The summed E-state index contributed by atoms with van der Waals surface area (Å²) in [4.78, 5) is 26.0. The van der Waals surface area contributed by atoms with Crippen LogP contribution >= 0.6 is 11.8 Å². The summed E-state index contributed by atoms with van der Waals surface area (Å²) >= 11 is 1.51. The zero-order valence-corrected chi connectivity index (χ0v) is 13.6. The highest BCUT2D eigenvalue weighted by Crippen LogP contribution is 2.20. The van der Waals surface area contributed by atoms with Gasteiger partial charge in [-0.1, -0.05) is 30.3 Å². The van der Waals surface area contributed by atoms with Crippen molar-refractivity contribution in [1.82, 2.24) is 10.2 Å². The van der Waals surface area contributed by atoms with Crippen LogP contribution in [-0.4, -0.2) is 55.7 Å². The lowest BCUT2D eigenvalue weighted by atomic mass is 10.1. The average molecular weight is 320 g/mol. The van der Waals surface area contributed by atoms with E-state index >= 15 is 0 Å². The highest BCUT2D eigenvalue weighted by molar-refractivity contribution is 8.02. The summed E-state index contributed by atoms with van der Waals surface area (Å²) in [6.45, 7) is 1.93. The van der Waals surface area contributed by atoms with Gasteiger partial charge >= 0.3 is 5.97 Å². The number of ether oxygens (including phenoxy) is 1. The fraction of sp³-hybridized carbons (Fsp3) is 0.375. The van der Waals surface area contributed by atoms with Crippen molar-refractivity contribution in [3.8, 4) is 0 Å². The molecule has 118 valence electrons. The Morgan fingerprint density at radius 1 is 1.36 bits per heavy atom. The molecule has 1 aromatic rings. The molecule has 2 rings (SSSR count). The van der Waals surface area contributed by atoms with E-state index in [2.05, 4.69) is 5.32 Å². The van der Waals surface area contributed by atoms with Crippen LogP contribution in [0.15, 0.2) is 41.4 Å². The molecular formula is C16H20N2O3S. The quantitative estimate of drug-likeness (QED) is 0.504. The molecular weight excluding hydrogens is 300 g/mol.